The van der Waals surface area contributed by atoms with Crippen LogP contribution in [0.1, 0.15) is 37.8 Å². The summed E-state index contributed by atoms with van der Waals surface area (Å²) in [7, 11) is 0. The molecule has 1 aliphatic heterocycles. The highest BCUT2D eigenvalue weighted by atomic mass is 15.2. The van der Waals surface area contributed by atoms with E-state index in [1.807, 2.05) is 12.3 Å². The van der Waals surface area contributed by atoms with Crippen LogP contribution in [0.4, 0.5) is 11.5 Å². The molecule has 3 heteroatoms. The fourth-order valence-electron chi connectivity index (χ4n) is 2.98. The van der Waals surface area contributed by atoms with Crippen LogP contribution in [0.15, 0.2) is 48.7 Å². The number of benzene rings is 1. The van der Waals surface area contributed by atoms with Gasteiger partial charge >= 0.3 is 0 Å². The van der Waals surface area contributed by atoms with Crippen molar-refractivity contribution in [2.75, 3.05) is 23.3 Å². The molecule has 1 atom stereocenters. The van der Waals surface area contributed by atoms with Gasteiger partial charge in [0, 0.05) is 19.3 Å². The van der Waals surface area contributed by atoms with Crippen molar-refractivity contribution in [2.24, 2.45) is 0 Å². The highest BCUT2D eigenvalue weighted by Gasteiger charge is 2.18. The molecule has 2 aromatic rings. The number of nitrogens with one attached hydrogen (secondary N) is 1. The highest BCUT2D eigenvalue weighted by molar-refractivity contribution is 5.66. The lowest BCUT2D eigenvalue weighted by molar-refractivity contribution is 0.747. The van der Waals surface area contributed by atoms with Crippen molar-refractivity contribution in [3.63, 3.8) is 0 Å². The van der Waals surface area contributed by atoms with Crippen molar-refractivity contribution in [2.45, 2.75) is 32.2 Å². The van der Waals surface area contributed by atoms with Gasteiger partial charge in [-0.2, -0.15) is 0 Å². The minimum Gasteiger partial charge on any atom is -0.375 e. The predicted octanol–water partition coefficient (Wildman–Crippen LogP) is 4.25. The summed E-state index contributed by atoms with van der Waals surface area (Å²) in [5, 5.41) is 3.69. The van der Waals surface area contributed by atoms with Crippen LogP contribution in [0.25, 0.3) is 0 Å². The average molecular weight is 281 g/mol. The van der Waals surface area contributed by atoms with Crippen LogP contribution in [-0.4, -0.2) is 18.1 Å². The molecule has 0 saturated carbocycles. The van der Waals surface area contributed by atoms with Gasteiger partial charge in [0.1, 0.15) is 0 Å². The minimum atomic E-state index is 0.330. The molecule has 1 unspecified atom stereocenters. The second-order valence-corrected chi connectivity index (χ2v) is 5.58. The van der Waals surface area contributed by atoms with E-state index in [0.717, 1.165) is 31.0 Å². The molecular weight excluding hydrogens is 258 g/mol. The Labute approximate surface area is 127 Å². The maximum Gasteiger partial charge on any atom is 0.151 e. The van der Waals surface area contributed by atoms with Gasteiger partial charge in [0.05, 0.1) is 11.7 Å². The smallest absolute Gasteiger partial charge is 0.151 e. The Morgan fingerprint density at radius 1 is 1.10 bits per heavy atom. The number of hydrogen-bond donors (Lipinski definition) is 1. The van der Waals surface area contributed by atoms with E-state index in [1.54, 1.807) is 0 Å². The molecular formula is C18H23N3. The van der Waals surface area contributed by atoms with E-state index in [-0.39, 0.29) is 0 Å². The summed E-state index contributed by atoms with van der Waals surface area (Å²) in [6.45, 7) is 4.46. The van der Waals surface area contributed by atoms with Crippen LogP contribution < -0.4 is 10.2 Å². The minimum absolute atomic E-state index is 0.330. The highest BCUT2D eigenvalue weighted by Crippen LogP contribution is 2.30. The van der Waals surface area contributed by atoms with E-state index in [9.17, 15) is 0 Å². The first-order chi connectivity index (χ1) is 10.4. The third-order valence-corrected chi connectivity index (χ3v) is 4.13. The first kappa shape index (κ1) is 13.9. The van der Waals surface area contributed by atoms with Crippen molar-refractivity contribution in [3.05, 3.63) is 54.2 Å². The molecule has 2 heterocycles. The van der Waals surface area contributed by atoms with Gasteiger partial charge in [-0.3, -0.25) is 0 Å². The van der Waals surface area contributed by atoms with Gasteiger partial charge in [0.15, 0.2) is 5.82 Å². The first-order valence-corrected chi connectivity index (χ1v) is 7.90. The molecule has 1 fully saturated rings. The number of anilines is 2. The molecule has 0 spiro atoms. The van der Waals surface area contributed by atoms with Crippen LogP contribution in [-0.2, 0) is 0 Å². The molecule has 0 amide bonds. The molecule has 3 rings (SSSR count). The Bertz CT molecular complexity index is 562. The van der Waals surface area contributed by atoms with Gasteiger partial charge < -0.3 is 10.2 Å². The standard InChI is InChI=1S/C18H23N3/c1-2-16(15-9-4-3-5-10-15)20-17-11-8-12-19-18(17)21-13-6-7-14-21/h3-5,8-12,16,20H,2,6-7,13-14H2,1H3. The summed E-state index contributed by atoms with van der Waals surface area (Å²) in [6.07, 6.45) is 5.48. The van der Waals surface area contributed by atoms with Gasteiger partial charge in [0.2, 0.25) is 0 Å². The Balaban J connectivity index is 1.83. The molecule has 1 saturated heterocycles. The molecule has 0 radical (unpaired) electrons. The van der Waals surface area contributed by atoms with Gasteiger partial charge in [-0.25, -0.2) is 4.98 Å². The van der Waals surface area contributed by atoms with Gasteiger partial charge in [-0.1, -0.05) is 37.3 Å². The number of rotatable bonds is 5. The lowest BCUT2D eigenvalue weighted by Crippen LogP contribution is -2.21. The number of aromatic nitrogens is 1. The largest absolute Gasteiger partial charge is 0.375 e. The Morgan fingerprint density at radius 2 is 1.86 bits per heavy atom. The van der Waals surface area contributed by atoms with E-state index in [1.165, 1.54) is 18.4 Å². The van der Waals surface area contributed by atoms with Crippen molar-refractivity contribution in [1.82, 2.24) is 4.98 Å². The van der Waals surface area contributed by atoms with Crippen molar-refractivity contribution >= 4 is 11.5 Å². The number of pyridine rings is 1. The molecule has 1 N–H and O–H groups in total. The molecule has 1 aromatic carbocycles. The number of hydrogen-bond acceptors (Lipinski definition) is 3. The molecule has 0 bridgehead atoms. The zero-order valence-electron chi connectivity index (χ0n) is 12.6. The Kier molecular flexibility index (Phi) is 4.39. The zero-order chi connectivity index (χ0) is 14.5. The number of nitrogens with zero attached hydrogens (tertiary/aromatic N) is 2. The molecule has 1 aliphatic rings. The van der Waals surface area contributed by atoms with E-state index in [4.69, 9.17) is 0 Å². The zero-order valence-corrected chi connectivity index (χ0v) is 12.6. The lowest BCUT2D eigenvalue weighted by Gasteiger charge is -2.24. The fourth-order valence-corrected chi connectivity index (χ4v) is 2.98. The lowest BCUT2D eigenvalue weighted by atomic mass is 10.0. The van der Waals surface area contributed by atoms with Crippen LogP contribution in [0.2, 0.25) is 0 Å². The predicted molar refractivity (Wildman–Crippen MR) is 88.8 cm³/mol. The molecule has 21 heavy (non-hydrogen) atoms. The van der Waals surface area contributed by atoms with Crippen LogP contribution in [0.5, 0.6) is 0 Å². The molecule has 1 aromatic heterocycles. The van der Waals surface area contributed by atoms with Gasteiger partial charge in [-0.05, 0) is 37.0 Å². The summed E-state index contributed by atoms with van der Waals surface area (Å²) in [5.41, 5.74) is 2.48. The maximum atomic E-state index is 4.61. The second-order valence-electron chi connectivity index (χ2n) is 5.58. The normalized spacial score (nSPS) is 16.0. The summed E-state index contributed by atoms with van der Waals surface area (Å²) >= 11 is 0. The fraction of sp³-hybridized carbons (Fsp3) is 0.389. The van der Waals surface area contributed by atoms with Crippen molar-refractivity contribution < 1.29 is 0 Å². The van der Waals surface area contributed by atoms with E-state index in [0.29, 0.717) is 6.04 Å². The van der Waals surface area contributed by atoms with E-state index in [2.05, 4.69) is 58.5 Å². The van der Waals surface area contributed by atoms with Crippen LogP contribution >= 0.6 is 0 Å². The third kappa shape index (κ3) is 3.18. The van der Waals surface area contributed by atoms with Crippen LogP contribution in [0, 0.1) is 0 Å². The van der Waals surface area contributed by atoms with Crippen molar-refractivity contribution in [1.29, 1.82) is 0 Å². The Hall–Kier alpha value is -2.03. The molecule has 0 aliphatic carbocycles. The van der Waals surface area contributed by atoms with Gasteiger partial charge in [0.25, 0.3) is 0 Å². The van der Waals surface area contributed by atoms with Crippen molar-refractivity contribution in [3.8, 4) is 0 Å². The third-order valence-electron chi connectivity index (χ3n) is 4.13. The van der Waals surface area contributed by atoms with Crippen LogP contribution in [0.3, 0.4) is 0 Å². The van der Waals surface area contributed by atoms with E-state index >= 15 is 0 Å². The molecule has 110 valence electrons. The molecule has 3 nitrogen and oxygen atoms in total. The van der Waals surface area contributed by atoms with E-state index < -0.39 is 0 Å². The summed E-state index contributed by atoms with van der Waals surface area (Å²) in [6, 6.07) is 15.1. The topological polar surface area (TPSA) is 28.2 Å². The summed E-state index contributed by atoms with van der Waals surface area (Å²) < 4.78 is 0. The SMILES string of the molecule is CCC(Nc1cccnc1N1CCCC1)c1ccccc1. The Morgan fingerprint density at radius 3 is 2.57 bits per heavy atom. The second kappa shape index (κ2) is 6.61. The monoisotopic (exact) mass is 281 g/mol. The average Bonchev–Trinajstić information content (AvgIpc) is 3.08. The maximum absolute atomic E-state index is 4.61. The summed E-state index contributed by atoms with van der Waals surface area (Å²) in [4.78, 5) is 6.99. The summed E-state index contributed by atoms with van der Waals surface area (Å²) in [5.74, 6) is 1.10. The first-order valence-electron chi connectivity index (χ1n) is 7.90. The quantitative estimate of drug-likeness (QED) is 0.888. The van der Waals surface area contributed by atoms with Gasteiger partial charge in [-0.15, -0.1) is 0 Å².